The largest absolute Gasteiger partial charge is 0.266 e. The van der Waals surface area contributed by atoms with Crippen LogP contribution in [0.5, 0.6) is 0 Å². The van der Waals surface area contributed by atoms with Crippen molar-refractivity contribution in [2.75, 3.05) is 0 Å². The van der Waals surface area contributed by atoms with Gasteiger partial charge in [0.25, 0.3) is 6.43 Å². The van der Waals surface area contributed by atoms with Gasteiger partial charge in [0.15, 0.2) is 0 Å². The first kappa shape index (κ1) is 9.76. The van der Waals surface area contributed by atoms with Crippen LogP contribution in [0.4, 0.5) is 17.6 Å². The minimum Gasteiger partial charge on any atom is -0.206 e. The molecule has 1 aromatic carbocycles. The first-order valence-corrected chi connectivity index (χ1v) is 4.03. The molecular weight excluding hydrogens is 287 g/mol. The van der Waals surface area contributed by atoms with E-state index in [0.29, 0.717) is 0 Å². The summed E-state index contributed by atoms with van der Waals surface area (Å²) in [6.45, 7) is 0. The molecule has 0 radical (unpaired) electrons. The molecule has 1 rings (SSSR count). The van der Waals surface area contributed by atoms with Crippen LogP contribution in [-0.4, -0.2) is 0 Å². The van der Waals surface area contributed by atoms with E-state index in [1.165, 1.54) is 22.6 Å². The SMILES string of the molecule is Fc1ccc(C(F)F)c(F)c1I. The van der Waals surface area contributed by atoms with E-state index >= 15 is 0 Å². The third kappa shape index (κ3) is 1.70. The molecule has 0 spiro atoms. The number of halogens is 5. The molecule has 0 aliphatic heterocycles. The smallest absolute Gasteiger partial charge is 0.206 e. The van der Waals surface area contributed by atoms with Gasteiger partial charge in [0.2, 0.25) is 0 Å². The van der Waals surface area contributed by atoms with Crippen molar-refractivity contribution < 1.29 is 17.6 Å². The maximum Gasteiger partial charge on any atom is 0.266 e. The maximum atomic E-state index is 12.8. The molecule has 5 heteroatoms. The molecule has 0 heterocycles. The molecule has 0 unspecified atom stereocenters. The lowest BCUT2D eigenvalue weighted by molar-refractivity contribution is 0.146. The van der Waals surface area contributed by atoms with Crippen molar-refractivity contribution in [3.05, 3.63) is 32.9 Å². The van der Waals surface area contributed by atoms with E-state index < -0.39 is 27.2 Å². The molecule has 0 aromatic heterocycles. The number of benzene rings is 1. The molecule has 0 saturated heterocycles. The van der Waals surface area contributed by atoms with Crippen LogP contribution >= 0.6 is 22.6 Å². The van der Waals surface area contributed by atoms with Crippen molar-refractivity contribution in [1.82, 2.24) is 0 Å². The van der Waals surface area contributed by atoms with E-state index in [2.05, 4.69) is 0 Å². The van der Waals surface area contributed by atoms with Crippen LogP contribution in [0.1, 0.15) is 12.0 Å². The van der Waals surface area contributed by atoms with Gasteiger partial charge in [-0.25, -0.2) is 17.6 Å². The van der Waals surface area contributed by atoms with E-state index in [0.717, 1.165) is 12.1 Å². The Bertz CT molecular complexity index is 298. The third-order valence-electron chi connectivity index (χ3n) is 1.30. The van der Waals surface area contributed by atoms with Gasteiger partial charge in [-0.05, 0) is 34.7 Å². The zero-order chi connectivity index (χ0) is 9.30. The third-order valence-corrected chi connectivity index (χ3v) is 2.29. The summed E-state index contributed by atoms with van der Waals surface area (Å²) < 4.78 is 48.9. The second-order valence-corrected chi connectivity index (χ2v) is 3.14. The summed E-state index contributed by atoms with van der Waals surface area (Å²) in [5.41, 5.74) is -0.763. The summed E-state index contributed by atoms with van der Waals surface area (Å²) >= 11 is 1.34. The fourth-order valence-electron chi connectivity index (χ4n) is 0.709. The van der Waals surface area contributed by atoms with Crippen LogP contribution in [-0.2, 0) is 0 Å². The van der Waals surface area contributed by atoms with Gasteiger partial charge < -0.3 is 0 Å². The highest BCUT2D eigenvalue weighted by Gasteiger charge is 2.17. The molecule has 0 aliphatic rings. The van der Waals surface area contributed by atoms with Crippen LogP contribution in [0.15, 0.2) is 12.1 Å². The number of hydrogen-bond donors (Lipinski definition) is 0. The number of rotatable bonds is 1. The van der Waals surface area contributed by atoms with E-state index in [1.807, 2.05) is 0 Å². The van der Waals surface area contributed by atoms with Crippen LogP contribution in [0.2, 0.25) is 0 Å². The van der Waals surface area contributed by atoms with Crippen molar-refractivity contribution in [2.24, 2.45) is 0 Å². The minimum absolute atomic E-state index is 0.398. The molecule has 0 fully saturated rings. The topological polar surface area (TPSA) is 0 Å². The summed E-state index contributed by atoms with van der Waals surface area (Å²) in [7, 11) is 0. The number of hydrogen-bond acceptors (Lipinski definition) is 0. The zero-order valence-electron chi connectivity index (χ0n) is 5.62. The van der Waals surface area contributed by atoms with E-state index in [4.69, 9.17) is 0 Å². The van der Waals surface area contributed by atoms with Crippen molar-refractivity contribution in [3.63, 3.8) is 0 Å². The van der Waals surface area contributed by atoms with Crippen LogP contribution in [0, 0.1) is 15.2 Å². The molecule has 66 valence electrons. The summed E-state index contributed by atoms with van der Waals surface area (Å²) in [5.74, 6) is -2.00. The monoisotopic (exact) mass is 290 g/mol. The summed E-state index contributed by atoms with van der Waals surface area (Å²) in [4.78, 5) is 0. The van der Waals surface area contributed by atoms with Gasteiger partial charge >= 0.3 is 0 Å². The van der Waals surface area contributed by atoms with Crippen LogP contribution < -0.4 is 0 Å². The van der Waals surface area contributed by atoms with Gasteiger partial charge in [-0.15, -0.1) is 0 Å². The summed E-state index contributed by atoms with van der Waals surface area (Å²) in [6.07, 6.45) is -2.90. The highest BCUT2D eigenvalue weighted by Crippen LogP contribution is 2.26. The lowest BCUT2D eigenvalue weighted by Gasteiger charge is -2.03. The quantitative estimate of drug-likeness (QED) is 0.422. The van der Waals surface area contributed by atoms with Gasteiger partial charge in [0, 0.05) is 0 Å². The van der Waals surface area contributed by atoms with Crippen molar-refractivity contribution >= 4 is 22.6 Å². The molecule has 0 aliphatic carbocycles. The first-order chi connectivity index (χ1) is 5.54. The summed E-state index contributed by atoms with van der Waals surface area (Å²) in [5, 5.41) is 0. The standard InChI is InChI=1S/C7H3F4I/c8-4-2-1-3(7(10)11)5(9)6(4)12/h1-2,7H. The van der Waals surface area contributed by atoms with Gasteiger partial charge in [-0.3, -0.25) is 0 Å². The van der Waals surface area contributed by atoms with Crippen molar-refractivity contribution in [2.45, 2.75) is 6.43 Å². The van der Waals surface area contributed by atoms with Gasteiger partial charge in [0.1, 0.15) is 11.6 Å². The van der Waals surface area contributed by atoms with E-state index in [1.54, 1.807) is 0 Å². The Morgan fingerprint density at radius 2 is 1.75 bits per heavy atom. The average Bonchev–Trinajstić information content (AvgIpc) is 2.00. The molecule has 0 N–H and O–H groups in total. The fourth-order valence-corrected chi connectivity index (χ4v) is 1.20. The van der Waals surface area contributed by atoms with Gasteiger partial charge in [-0.1, -0.05) is 0 Å². The van der Waals surface area contributed by atoms with Crippen LogP contribution in [0.25, 0.3) is 0 Å². The molecule has 12 heavy (non-hydrogen) atoms. The molecule has 0 amide bonds. The summed E-state index contributed by atoms with van der Waals surface area (Å²) in [6, 6.07) is 1.57. The normalized spacial score (nSPS) is 10.8. The van der Waals surface area contributed by atoms with Crippen LogP contribution in [0.3, 0.4) is 0 Å². The Labute approximate surface area is 79.7 Å². The minimum atomic E-state index is -2.90. The molecular formula is C7H3F4I. The lowest BCUT2D eigenvalue weighted by atomic mass is 10.2. The second kappa shape index (κ2) is 3.59. The van der Waals surface area contributed by atoms with Gasteiger partial charge in [0.05, 0.1) is 9.13 Å². The van der Waals surface area contributed by atoms with E-state index in [9.17, 15) is 17.6 Å². The number of alkyl halides is 2. The molecule has 0 atom stereocenters. The highest BCUT2D eigenvalue weighted by molar-refractivity contribution is 14.1. The molecule has 0 saturated carbocycles. The maximum absolute atomic E-state index is 12.8. The van der Waals surface area contributed by atoms with Gasteiger partial charge in [-0.2, -0.15) is 0 Å². The lowest BCUT2D eigenvalue weighted by Crippen LogP contribution is -1.96. The Hall–Kier alpha value is -0.330. The Kier molecular flexibility index (Phi) is 2.92. The molecule has 1 aromatic rings. The average molecular weight is 290 g/mol. The first-order valence-electron chi connectivity index (χ1n) is 2.95. The van der Waals surface area contributed by atoms with E-state index in [-0.39, 0.29) is 0 Å². The second-order valence-electron chi connectivity index (χ2n) is 2.07. The Balaban J connectivity index is 3.27. The Morgan fingerprint density at radius 3 is 2.25 bits per heavy atom. The predicted molar refractivity (Wildman–Crippen MR) is 44.0 cm³/mol. The predicted octanol–water partition coefficient (Wildman–Crippen LogP) is 3.51. The fraction of sp³-hybridized carbons (Fsp3) is 0.143. The van der Waals surface area contributed by atoms with Crippen molar-refractivity contribution in [1.29, 1.82) is 0 Å². The Morgan fingerprint density at radius 1 is 1.17 bits per heavy atom. The van der Waals surface area contributed by atoms with Crippen molar-refractivity contribution in [3.8, 4) is 0 Å². The zero-order valence-corrected chi connectivity index (χ0v) is 7.78. The highest BCUT2D eigenvalue weighted by atomic mass is 127. The molecule has 0 bridgehead atoms. The molecule has 0 nitrogen and oxygen atoms in total.